The molecule has 0 aliphatic heterocycles. The van der Waals surface area contributed by atoms with Gasteiger partial charge in [-0.25, -0.2) is 0 Å². The Hall–Kier alpha value is -0.120. The summed E-state index contributed by atoms with van der Waals surface area (Å²) in [4.78, 5) is 2.66. The lowest BCUT2D eigenvalue weighted by Crippen LogP contribution is -2.47. The summed E-state index contributed by atoms with van der Waals surface area (Å²) in [6.07, 6.45) is 8.06. The molecule has 0 spiro atoms. The van der Waals surface area contributed by atoms with Crippen molar-refractivity contribution in [1.29, 1.82) is 0 Å². The molecule has 0 bridgehead atoms. The van der Waals surface area contributed by atoms with Gasteiger partial charge in [-0.15, -0.1) is 0 Å². The molecule has 0 aromatic heterocycles. The fourth-order valence-electron chi connectivity index (χ4n) is 3.40. The third-order valence-electron chi connectivity index (χ3n) is 4.93. The Morgan fingerprint density at radius 3 is 2.50 bits per heavy atom. The van der Waals surface area contributed by atoms with E-state index < -0.39 is 0 Å². The zero-order valence-corrected chi connectivity index (χ0v) is 14.2. The molecule has 0 aromatic carbocycles. The van der Waals surface area contributed by atoms with E-state index in [1.54, 1.807) is 0 Å². The second-order valence-electron chi connectivity index (χ2n) is 6.60. The predicted molar refractivity (Wildman–Crippen MR) is 87.3 cm³/mol. The first kappa shape index (κ1) is 17.9. The third kappa shape index (κ3) is 5.71. The minimum atomic E-state index is 0.506. The molecule has 1 N–H and O–H groups in total. The molecule has 3 nitrogen and oxygen atoms in total. The van der Waals surface area contributed by atoms with Gasteiger partial charge >= 0.3 is 0 Å². The van der Waals surface area contributed by atoms with Crippen LogP contribution in [0.15, 0.2) is 0 Å². The summed E-state index contributed by atoms with van der Waals surface area (Å²) in [6, 6.07) is 0.661. The molecular weight excluding hydrogens is 248 g/mol. The summed E-state index contributed by atoms with van der Waals surface area (Å²) in [7, 11) is 1.81. The Kier molecular flexibility index (Phi) is 8.74. The van der Waals surface area contributed by atoms with Crippen LogP contribution in [0.4, 0.5) is 0 Å². The molecule has 1 atom stereocenters. The van der Waals surface area contributed by atoms with Crippen LogP contribution >= 0.6 is 0 Å². The van der Waals surface area contributed by atoms with Crippen LogP contribution in [0.3, 0.4) is 0 Å². The average Bonchev–Trinajstić information content (AvgIpc) is 2.92. The van der Waals surface area contributed by atoms with Gasteiger partial charge < -0.3 is 10.1 Å². The maximum absolute atomic E-state index is 5.31. The van der Waals surface area contributed by atoms with Gasteiger partial charge in [-0.05, 0) is 44.6 Å². The lowest BCUT2D eigenvalue weighted by molar-refractivity contribution is 0.0782. The molecule has 1 aliphatic carbocycles. The molecule has 0 aromatic rings. The molecule has 0 amide bonds. The number of ether oxygens (including phenoxy) is 1. The first-order valence-corrected chi connectivity index (χ1v) is 8.61. The van der Waals surface area contributed by atoms with Gasteiger partial charge in [0.25, 0.3) is 0 Å². The van der Waals surface area contributed by atoms with E-state index in [9.17, 15) is 0 Å². The standard InChI is InChI=1S/C17H36N2O/c1-5-11-18-14-17(9-7-8-10-17)15-19(12-13-20-4)16(3)6-2/h16,18H,5-15H2,1-4H3. The first-order valence-electron chi connectivity index (χ1n) is 8.61. The smallest absolute Gasteiger partial charge is 0.0589 e. The van der Waals surface area contributed by atoms with Crippen molar-refractivity contribution in [3.05, 3.63) is 0 Å². The summed E-state index contributed by atoms with van der Waals surface area (Å²) in [5.74, 6) is 0. The Bertz CT molecular complexity index is 239. The van der Waals surface area contributed by atoms with Gasteiger partial charge in [0, 0.05) is 32.8 Å². The number of hydrogen-bond donors (Lipinski definition) is 1. The molecule has 0 saturated heterocycles. The summed E-state index contributed by atoms with van der Waals surface area (Å²) >= 11 is 0. The minimum absolute atomic E-state index is 0.506. The normalized spacial score (nSPS) is 19.6. The fourth-order valence-corrected chi connectivity index (χ4v) is 3.40. The molecule has 0 radical (unpaired) electrons. The number of hydrogen-bond acceptors (Lipinski definition) is 3. The maximum Gasteiger partial charge on any atom is 0.0589 e. The summed E-state index contributed by atoms with van der Waals surface area (Å²) in [5.41, 5.74) is 0.506. The Morgan fingerprint density at radius 1 is 1.25 bits per heavy atom. The van der Waals surface area contributed by atoms with E-state index in [0.717, 1.165) is 19.7 Å². The van der Waals surface area contributed by atoms with Gasteiger partial charge in [-0.3, -0.25) is 4.90 Å². The minimum Gasteiger partial charge on any atom is -0.383 e. The van der Waals surface area contributed by atoms with Gasteiger partial charge in [0.05, 0.1) is 6.61 Å². The Morgan fingerprint density at radius 2 is 1.95 bits per heavy atom. The van der Waals surface area contributed by atoms with E-state index >= 15 is 0 Å². The van der Waals surface area contributed by atoms with E-state index in [4.69, 9.17) is 4.74 Å². The molecule has 120 valence electrons. The van der Waals surface area contributed by atoms with Crippen molar-refractivity contribution >= 4 is 0 Å². The van der Waals surface area contributed by atoms with Crippen LogP contribution in [0.25, 0.3) is 0 Å². The van der Waals surface area contributed by atoms with Crippen molar-refractivity contribution < 1.29 is 4.74 Å². The van der Waals surface area contributed by atoms with Gasteiger partial charge in [-0.2, -0.15) is 0 Å². The van der Waals surface area contributed by atoms with Gasteiger partial charge in [0.2, 0.25) is 0 Å². The van der Waals surface area contributed by atoms with E-state index in [0.29, 0.717) is 11.5 Å². The van der Waals surface area contributed by atoms with Crippen molar-refractivity contribution in [1.82, 2.24) is 10.2 Å². The van der Waals surface area contributed by atoms with E-state index in [-0.39, 0.29) is 0 Å². The molecule has 1 aliphatic rings. The second-order valence-corrected chi connectivity index (χ2v) is 6.60. The van der Waals surface area contributed by atoms with E-state index in [1.807, 2.05) is 7.11 Å². The highest BCUT2D eigenvalue weighted by Gasteiger charge is 2.35. The van der Waals surface area contributed by atoms with Crippen molar-refractivity contribution in [2.75, 3.05) is 39.9 Å². The predicted octanol–water partition coefficient (Wildman–Crippen LogP) is 3.29. The quantitative estimate of drug-likeness (QED) is 0.589. The number of methoxy groups -OCH3 is 1. The first-order chi connectivity index (χ1) is 9.67. The second kappa shape index (κ2) is 9.75. The topological polar surface area (TPSA) is 24.5 Å². The zero-order chi connectivity index (χ0) is 14.8. The van der Waals surface area contributed by atoms with Crippen LogP contribution in [0.5, 0.6) is 0 Å². The van der Waals surface area contributed by atoms with Crippen LogP contribution < -0.4 is 5.32 Å². The number of nitrogens with one attached hydrogen (secondary N) is 1. The van der Waals surface area contributed by atoms with E-state index in [2.05, 4.69) is 31.0 Å². The fraction of sp³-hybridized carbons (Fsp3) is 1.00. The zero-order valence-electron chi connectivity index (χ0n) is 14.2. The highest BCUT2D eigenvalue weighted by atomic mass is 16.5. The van der Waals surface area contributed by atoms with Gasteiger partial charge in [0.1, 0.15) is 0 Å². The van der Waals surface area contributed by atoms with Crippen LogP contribution in [-0.2, 0) is 4.74 Å². The van der Waals surface area contributed by atoms with E-state index in [1.165, 1.54) is 51.6 Å². The largest absolute Gasteiger partial charge is 0.383 e. The lowest BCUT2D eigenvalue weighted by atomic mass is 9.84. The number of rotatable bonds is 11. The van der Waals surface area contributed by atoms with Crippen LogP contribution in [0.2, 0.25) is 0 Å². The summed E-state index contributed by atoms with van der Waals surface area (Å²) in [6.45, 7) is 12.4. The van der Waals surface area contributed by atoms with Crippen LogP contribution in [0.1, 0.15) is 59.3 Å². The highest BCUT2D eigenvalue weighted by Crippen LogP contribution is 2.38. The van der Waals surface area contributed by atoms with Crippen molar-refractivity contribution in [3.8, 4) is 0 Å². The Balaban J connectivity index is 2.59. The molecular formula is C17H36N2O. The SMILES string of the molecule is CCCNCC1(CN(CCOC)C(C)CC)CCCC1. The third-order valence-corrected chi connectivity index (χ3v) is 4.93. The average molecular weight is 284 g/mol. The molecule has 1 fully saturated rings. The maximum atomic E-state index is 5.31. The lowest BCUT2D eigenvalue weighted by Gasteiger charge is -2.38. The Labute approximate surface area is 126 Å². The molecule has 1 unspecified atom stereocenters. The number of nitrogens with zero attached hydrogens (tertiary/aromatic N) is 1. The van der Waals surface area contributed by atoms with Gasteiger partial charge in [-0.1, -0.05) is 26.7 Å². The molecule has 0 heterocycles. The highest BCUT2D eigenvalue weighted by molar-refractivity contribution is 4.90. The van der Waals surface area contributed by atoms with Crippen LogP contribution in [-0.4, -0.2) is 50.8 Å². The van der Waals surface area contributed by atoms with Crippen molar-refractivity contribution in [2.24, 2.45) is 5.41 Å². The van der Waals surface area contributed by atoms with Crippen molar-refractivity contribution in [2.45, 2.75) is 65.3 Å². The van der Waals surface area contributed by atoms with Crippen LogP contribution in [0, 0.1) is 5.41 Å². The molecule has 1 saturated carbocycles. The summed E-state index contributed by atoms with van der Waals surface area (Å²) in [5, 5.41) is 3.68. The molecule has 1 rings (SSSR count). The molecule has 20 heavy (non-hydrogen) atoms. The van der Waals surface area contributed by atoms with Crippen molar-refractivity contribution in [3.63, 3.8) is 0 Å². The monoisotopic (exact) mass is 284 g/mol. The van der Waals surface area contributed by atoms with Gasteiger partial charge in [0.15, 0.2) is 0 Å². The molecule has 3 heteroatoms. The summed E-state index contributed by atoms with van der Waals surface area (Å²) < 4.78 is 5.31.